The number of carbonyl (C=O) groups excluding carboxylic acids is 1. The summed E-state index contributed by atoms with van der Waals surface area (Å²) in [5.41, 5.74) is 4.41. The quantitative estimate of drug-likeness (QED) is 0.599. The highest BCUT2D eigenvalue weighted by Gasteiger charge is 2.35. The number of hydrogen-bond donors (Lipinski definition) is 0. The first kappa shape index (κ1) is 17.3. The van der Waals surface area contributed by atoms with Crippen LogP contribution in [0.3, 0.4) is 0 Å². The molecule has 1 aliphatic rings. The molecule has 1 aliphatic carbocycles. The Bertz CT molecular complexity index is 763. The summed E-state index contributed by atoms with van der Waals surface area (Å²) in [5, 5.41) is 0. The van der Waals surface area contributed by atoms with Crippen molar-refractivity contribution in [2.75, 3.05) is 0 Å². The van der Waals surface area contributed by atoms with Crippen LogP contribution in [-0.4, -0.2) is 5.78 Å². The lowest BCUT2D eigenvalue weighted by Gasteiger charge is -2.20. The first-order valence-corrected chi connectivity index (χ1v) is 8.11. The smallest absolute Gasteiger partial charge is 0.198 e. The van der Waals surface area contributed by atoms with Gasteiger partial charge in [-0.05, 0) is 41.0 Å². The average molecular weight is 306 g/mol. The molecule has 0 saturated heterocycles. The zero-order valence-electron chi connectivity index (χ0n) is 15.3. The lowest BCUT2D eigenvalue weighted by Crippen LogP contribution is -2.16. The van der Waals surface area contributed by atoms with Crippen LogP contribution in [-0.2, 0) is 4.79 Å². The van der Waals surface area contributed by atoms with Gasteiger partial charge < -0.3 is 0 Å². The van der Waals surface area contributed by atoms with Gasteiger partial charge >= 0.3 is 0 Å². The molecule has 0 unspecified atom stereocenters. The summed E-state index contributed by atoms with van der Waals surface area (Å²) in [6, 6.07) is 8.02. The number of Topliss-reactive ketones (excluding diaryl/α,β-unsaturated/α-hetero) is 1. The van der Waals surface area contributed by atoms with Gasteiger partial charge in [-0.15, -0.1) is 0 Å². The molecule has 0 heterocycles. The van der Waals surface area contributed by atoms with Gasteiger partial charge in [-0.3, -0.25) is 4.79 Å². The predicted molar refractivity (Wildman–Crippen MR) is 97.1 cm³/mol. The van der Waals surface area contributed by atoms with Gasteiger partial charge in [0, 0.05) is 11.1 Å². The van der Waals surface area contributed by atoms with E-state index in [-0.39, 0.29) is 16.6 Å². The van der Waals surface area contributed by atoms with Gasteiger partial charge in [0.25, 0.3) is 0 Å². The molecular formula is C22H26O. The first-order chi connectivity index (χ1) is 10.5. The van der Waals surface area contributed by atoms with Crippen molar-refractivity contribution in [2.45, 2.75) is 48.5 Å². The van der Waals surface area contributed by atoms with E-state index in [4.69, 9.17) is 0 Å². The number of carbonyl (C=O) groups is 1. The normalized spacial score (nSPS) is 15.4. The molecule has 120 valence electrons. The Morgan fingerprint density at radius 1 is 0.870 bits per heavy atom. The lowest BCUT2D eigenvalue weighted by molar-refractivity contribution is -0.112. The van der Waals surface area contributed by atoms with E-state index in [0.717, 1.165) is 22.3 Å². The predicted octanol–water partition coefficient (Wildman–Crippen LogP) is 5.24. The summed E-state index contributed by atoms with van der Waals surface area (Å²) in [6.45, 7) is 14.7. The minimum Gasteiger partial charge on any atom is -0.288 e. The van der Waals surface area contributed by atoms with E-state index in [9.17, 15) is 4.79 Å². The van der Waals surface area contributed by atoms with Gasteiger partial charge in [0.1, 0.15) is 0 Å². The second kappa shape index (κ2) is 5.85. The summed E-state index contributed by atoms with van der Waals surface area (Å²) in [7, 11) is 0. The number of hydrogen-bond acceptors (Lipinski definition) is 1. The van der Waals surface area contributed by atoms with Gasteiger partial charge in [0.2, 0.25) is 0 Å². The maximum atomic E-state index is 12.9. The largest absolute Gasteiger partial charge is 0.288 e. The Kier molecular flexibility index (Phi) is 4.40. The van der Waals surface area contributed by atoms with Gasteiger partial charge in [0.05, 0.1) is 5.57 Å². The number of benzene rings is 1. The molecule has 23 heavy (non-hydrogen) atoms. The third-order valence-electron chi connectivity index (χ3n) is 4.11. The minimum absolute atomic E-state index is 0.0866. The molecule has 0 N–H and O–H groups in total. The van der Waals surface area contributed by atoms with Crippen molar-refractivity contribution in [2.24, 2.45) is 10.8 Å². The number of allylic oxidation sites excluding steroid dienone is 4. The summed E-state index contributed by atoms with van der Waals surface area (Å²) in [4.78, 5) is 12.9. The molecule has 1 nitrogen and oxygen atoms in total. The first-order valence-electron chi connectivity index (χ1n) is 8.11. The Labute approximate surface area is 140 Å². The molecule has 0 bridgehead atoms. The zero-order valence-corrected chi connectivity index (χ0v) is 15.3. The minimum atomic E-state index is -0.167. The van der Waals surface area contributed by atoms with Gasteiger partial charge in [-0.25, -0.2) is 0 Å². The van der Waals surface area contributed by atoms with Crippen molar-refractivity contribution in [3.63, 3.8) is 0 Å². The van der Waals surface area contributed by atoms with Crippen molar-refractivity contribution in [3.8, 4) is 11.8 Å². The fourth-order valence-electron chi connectivity index (χ4n) is 2.65. The monoisotopic (exact) mass is 306 g/mol. The van der Waals surface area contributed by atoms with Crippen molar-refractivity contribution < 1.29 is 4.79 Å². The van der Waals surface area contributed by atoms with E-state index >= 15 is 0 Å². The van der Waals surface area contributed by atoms with E-state index in [0.29, 0.717) is 5.57 Å². The van der Waals surface area contributed by atoms with Crippen LogP contribution in [0.2, 0.25) is 0 Å². The second-order valence-corrected chi connectivity index (χ2v) is 8.24. The molecule has 1 heteroatoms. The highest BCUT2D eigenvalue weighted by atomic mass is 16.1. The zero-order chi connectivity index (χ0) is 17.4. The number of ketones is 1. The van der Waals surface area contributed by atoms with E-state index in [1.54, 1.807) is 0 Å². The SMILES string of the molecule is Cc1ccccc1C#CC1=C(C(C)(C)C)C=C(C(C)(C)C)C1=O. The third-order valence-corrected chi connectivity index (χ3v) is 4.11. The Balaban J connectivity index is 2.53. The Morgan fingerprint density at radius 2 is 1.48 bits per heavy atom. The molecule has 0 radical (unpaired) electrons. The topological polar surface area (TPSA) is 17.1 Å². The maximum absolute atomic E-state index is 12.9. The van der Waals surface area contributed by atoms with Gasteiger partial charge in [-0.1, -0.05) is 71.6 Å². The molecule has 0 atom stereocenters. The summed E-state index contributed by atoms with van der Waals surface area (Å²) >= 11 is 0. The Hall–Kier alpha value is -2.07. The van der Waals surface area contributed by atoms with Gasteiger partial charge in [0.15, 0.2) is 5.78 Å². The molecular weight excluding hydrogens is 280 g/mol. The fourth-order valence-corrected chi connectivity index (χ4v) is 2.65. The van der Waals surface area contributed by atoms with Crippen LogP contribution in [0.4, 0.5) is 0 Å². The molecule has 0 aromatic heterocycles. The van der Waals surface area contributed by atoms with E-state index in [1.165, 1.54) is 0 Å². The van der Waals surface area contributed by atoms with E-state index < -0.39 is 0 Å². The van der Waals surface area contributed by atoms with Gasteiger partial charge in [-0.2, -0.15) is 0 Å². The highest BCUT2D eigenvalue weighted by molar-refractivity contribution is 6.16. The standard InChI is InChI=1S/C22H26O/c1-15-10-8-9-11-16(15)12-13-17-18(21(2,3)4)14-19(20(17)23)22(5,6)7/h8-11,14H,1-7H3. The molecule has 2 rings (SSSR count). The van der Waals surface area contributed by atoms with Crippen LogP contribution in [0.15, 0.2) is 47.1 Å². The molecule has 0 fully saturated rings. The van der Waals surface area contributed by atoms with Crippen LogP contribution in [0.1, 0.15) is 52.7 Å². The molecule has 0 saturated carbocycles. The van der Waals surface area contributed by atoms with Crippen molar-refractivity contribution in [1.29, 1.82) is 0 Å². The highest BCUT2D eigenvalue weighted by Crippen LogP contribution is 2.41. The number of rotatable bonds is 0. The fraction of sp³-hybridized carbons (Fsp3) is 0.409. The van der Waals surface area contributed by atoms with Crippen molar-refractivity contribution >= 4 is 5.78 Å². The van der Waals surface area contributed by atoms with Crippen LogP contribution in [0, 0.1) is 29.6 Å². The Morgan fingerprint density at radius 3 is 2.00 bits per heavy atom. The average Bonchev–Trinajstić information content (AvgIpc) is 2.75. The number of aryl methyl sites for hydroxylation is 1. The van der Waals surface area contributed by atoms with Crippen molar-refractivity contribution in [3.05, 3.63) is 58.2 Å². The molecule has 0 spiro atoms. The second-order valence-electron chi connectivity index (χ2n) is 8.24. The van der Waals surface area contributed by atoms with Crippen LogP contribution in [0.5, 0.6) is 0 Å². The molecule has 0 aliphatic heterocycles. The molecule has 1 aromatic rings. The third kappa shape index (κ3) is 3.64. The van der Waals surface area contributed by atoms with E-state index in [1.807, 2.05) is 31.2 Å². The summed E-state index contributed by atoms with van der Waals surface area (Å²) in [6.07, 6.45) is 2.06. The molecule has 0 amide bonds. The lowest BCUT2D eigenvalue weighted by atomic mass is 9.83. The van der Waals surface area contributed by atoms with Crippen LogP contribution >= 0.6 is 0 Å². The van der Waals surface area contributed by atoms with Crippen molar-refractivity contribution in [1.82, 2.24) is 0 Å². The van der Waals surface area contributed by atoms with Crippen LogP contribution in [0.25, 0.3) is 0 Å². The molecule has 1 aromatic carbocycles. The summed E-state index contributed by atoms with van der Waals surface area (Å²) in [5.74, 6) is 6.46. The van der Waals surface area contributed by atoms with E-state index in [2.05, 4.69) is 59.5 Å². The van der Waals surface area contributed by atoms with Crippen LogP contribution < -0.4 is 0 Å². The maximum Gasteiger partial charge on any atom is 0.198 e. The summed E-state index contributed by atoms with van der Waals surface area (Å²) < 4.78 is 0.